The predicted molar refractivity (Wildman–Crippen MR) is 192 cm³/mol. The van der Waals surface area contributed by atoms with E-state index >= 15 is 0 Å². The molecule has 0 aliphatic carbocycles. The van der Waals surface area contributed by atoms with Crippen molar-refractivity contribution in [3.05, 3.63) is 61.1 Å². The van der Waals surface area contributed by atoms with E-state index in [2.05, 4.69) is 84.6 Å². The van der Waals surface area contributed by atoms with Crippen molar-refractivity contribution in [2.24, 2.45) is 0 Å². The number of hydrogen-bond acceptors (Lipinski definition) is 12. The zero-order valence-electron chi connectivity index (χ0n) is 27.2. The van der Waals surface area contributed by atoms with E-state index in [0.717, 1.165) is 65.6 Å². The molecule has 6 rings (SSSR count). The van der Waals surface area contributed by atoms with Crippen LogP contribution in [0.5, 0.6) is 5.75 Å². The van der Waals surface area contributed by atoms with Crippen LogP contribution in [-0.2, 0) is 0 Å². The molecule has 11 nitrogen and oxygen atoms in total. The van der Waals surface area contributed by atoms with Crippen LogP contribution in [0.3, 0.4) is 0 Å². The van der Waals surface area contributed by atoms with E-state index in [1.165, 1.54) is 31.6 Å². The fraction of sp³-hybridized carbons (Fsp3) is 0.412. The van der Waals surface area contributed by atoms with Crippen LogP contribution < -0.4 is 25.0 Å². The molecular formula is C34H44N10OS. The molecular weight excluding hydrogens is 597 g/mol. The van der Waals surface area contributed by atoms with Gasteiger partial charge in [0.2, 0.25) is 5.95 Å². The van der Waals surface area contributed by atoms with E-state index in [-0.39, 0.29) is 0 Å². The maximum absolute atomic E-state index is 5.84. The molecule has 0 unspecified atom stereocenters. The van der Waals surface area contributed by atoms with E-state index in [1.807, 2.05) is 18.2 Å². The van der Waals surface area contributed by atoms with Crippen LogP contribution >= 0.6 is 11.9 Å². The third kappa shape index (κ3) is 7.30. The average molecular weight is 641 g/mol. The van der Waals surface area contributed by atoms with Crippen molar-refractivity contribution < 1.29 is 4.74 Å². The Bertz CT molecular complexity index is 1650. The van der Waals surface area contributed by atoms with Crippen LogP contribution in [0.25, 0.3) is 17.1 Å². The van der Waals surface area contributed by atoms with Gasteiger partial charge in [0.05, 0.1) is 29.7 Å². The van der Waals surface area contributed by atoms with Gasteiger partial charge >= 0.3 is 0 Å². The molecule has 0 radical (unpaired) electrons. The number of piperazine rings is 1. The van der Waals surface area contributed by atoms with Gasteiger partial charge in [-0.1, -0.05) is 26.5 Å². The molecule has 2 aromatic carbocycles. The van der Waals surface area contributed by atoms with Crippen LogP contribution in [0.2, 0.25) is 0 Å². The summed E-state index contributed by atoms with van der Waals surface area (Å²) < 4.78 is 9.31. The van der Waals surface area contributed by atoms with Crippen LogP contribution in [0, 0.1) is 0 Å². The topological polar surface area (TPSA) is 107 Å². The van der Waals surface area contributed by atoms with Gasteiger partial charge in [0.15, 0.2) is 0 Å². The van der Waals surface area contributed by atoms with Gasteiger partial charge in [-0.3, -0.25) is 14.9 Å². The van der Waals surface area contributed by atoms with Gasteiger partial charge in [0.25, 0.3) is 0 Å². The van der Waals surface area contributed by atoms with Gasteiger partial charge in [-0.25, -0.2) is 4.98 Å². The standard InChI is InChI=1S/C34H44N10OS/c1-6-24-22-37-34(40-33(24)38-29-10-9-28-31(36-14-13-35-28)32(29)41-46-23(2)3)39-27-8-7-26(21-30(27)45-5)43-15-11-25(12-16-43)44-19-17-42(4)18-20-44/h6-10,13-14,21-23,25,41H,1,11-12,15-20H2,2-5H3,(H2,37,38,39,40). The molecule has 12 heteroatoms. The number of benzene rings is 2. The zero-order chi connectivity index (χ0) is 32.0. The minimum Gasteiger partial charge on any atom is -0.494 e. The first kappa shape index (κ1) is 31.8. The largest absolute Gasteiger partial charge is 0.494 e. The number of ether oxygens (including phenoxy) is 1. The van der Waals surface area contributed by atoms with Gasteiger partial charge in [-0.2, -0.15) is 4.98 Å². The number of nitrogens with one attached hydrogen (secondary N) is 3. The van der Waals surface area contributed by atoms with Crippen LogP contribution in [0.1, 0.15) is 32.3 Å². The highest BCUT2D eigenvalue weighted by molar-refractivity contribution is 8.01. The van der Waals surface area contributed by atoms with Crippen molar-refractivity contribution in [3.63, 3.8) is 0 Å². The van der Waals surface area contributed by atoms with Crippen LogP contribution in [0.4, 0.5) is 34.5 Å². The molecule has 4 heterocycles. The normalized spacial score (nSPS) is 16.5. The second kappa shape index (κ2) is 14.5. The van der Waals surface area contributed by atoms with Crippen LogP contribution in [0.15, 0.2) is 55.5 Å². The molecule has 46 heavy (non-hydrogen) atoms. The first-order valence-electron chi connectivity index (χ1n) is 16.0. The number of rotatable bonds is 11. The monoisotopic (exact) mass is 640 g/mol. The summed E-state index contributed by atoms with van der Waals surface area (Å²) in [5, 5.41) is 7.24. The van der Waals surface area contributed by atoms with Gasteiger partial charge in [0, 0.05) is 86.5 Å². The molecule has 2 fully saturated rings. The molecule has 2 saturated heterocycles. The zero-order valence-corrected chi connectivity index (χ0v) is 28.0. The summed E-state index contributed by atoms with van der Waals surface area (Å²) in [5.41, 5.74) is 6.00. The molecule has 3 N–H and O–H groups in total. The van der Waals surface area contributed by atoms with E-state index in [0.29, 0.717) is 23.1 Å². The summed E-state index contributed by atoms with van der Waals surface area (Å²) in [5.74, 6) is 1.81. The summed E-state index contributed by atoms with van der Waals surface area (Å²) in [6.45, 7) is 15.0. The Hall–Kier alpha value is -4.13. The Morgan fingerprint density at radius 3 is 2.46 bits per heavy atom. The predicted octanol–water partition coefficient (Wildman–Crippen LogP) is 6.24. The summed E-state index contributed by atoms with van der Waals surface area (Å²) in [6, 6.07) is 10.9. The minimum absolute atomic E-state index is 0.369. The number of methoxy groups -OCH3 is 1. The SMILES string of the molecule is C=Cc1cnc(Nc2ccc(N3CCC(N4CCN(C)CC4)CC3)cc2OC)nc1Nc1ccc2nccnc2c1NSC(C)C. The average Bonchev–Trinajstić information content (AvgIpc) is 3.08. The lowest BCUT2D eigenvalue weighted by Gasteiger charge is -2.42. The number of likely N-dealkylation sites (N-methyl/N-ethyl adjacent to an activating group) is 1. The van der Waals surface area contributed by atoms with Crippen molar-refractivity contribution in [2.45, 2.75) is 38.0 Å². The molecule has 2 aliphatic rings. The molecule has 0 saturated carbocycles. The summed E-state index contributed by atoms with van der Waals surface area (Å²) in [7, 11) is 3.92. The van der Waals surface area contributed by atoms with Crippen molar-refractivity contribution in [1.82, 2.24) is 29.7 Å². The number of fused-ring (bicyclic) bond motifs is 1. The lowest BCUT2D eigenvalue weighted by atomic mass is 10.0. The second-order valence-corrected chi connectivity index (χ2v) is 13.5. The van der Waals surface area contributed by atoms with Gasteiger partial charge in [0.1, 0.15) is 17.1 Å². The van der Waals surface area contributed by atoms with Crippen molar-refractivity contribution in [1.29, 1.82) is 0 Å². The lowest BCUT2D eigenvalue weighted by Crippen LogP contribution is -2.52. The first-order valence-corrected chi connectivity index (χ1v) is 16.8. The fourth-order valence-corrected chi connectivity index (χ4v) is 6.59. The molecule has 2 aliphatic heterocycles. The molecule has 0 bridgehead atoms. The van der Waals surface area contributed by atoms with E-state index in [9.17, 15) is 0 Å². The molecule has 2 aromatic heterocycles. The number of nitrogens with zero attached hydrogens (tertiary/aromatic N) is 7. The van der Waals surface area contributed by atoms with Gasteiger partial charge in [-0.05, 0) is 56.1 Å². The second-order valence-electron chi connectivity index (χ2n) is 12.1. The lowest BCUT2D eigenvalue weighted by molar-refractivity contribution is 0.0982. The van der Waals surface area contributed by atoms with Gasteiger partial charge in [-0.15, -0.1) is 0 Å². The summed E-state index contributed by atoms with van der Waals surface area (Å²) in [6.07, 6.45) is 9.27. The molecule has 0 spiro atoms. The van der Waals surface area contributed by atoms with Crippen molar-refractivity contribution in [3.8, 4) is 5.75 Å². The highest BCUT2D eigenvalue weighted by Crippen LogP contribution is 2.36. The minimum atomic E-state index is 0.369. The number of piperidine rings is 1. The maximum Gasteiger partial charge on any atom is 0.229 e. The first-order chi connectivity index (χ1) is 22.4. The highest BCUT2D eigenvalue weighted by atomic mass is 32.2. The van der Waals surface area contributed by atoms with Crippen molar-refractivity contribution >= 4 is 63.6 Å². The molecule has 0 amide bonds. The number of anilines is 6. The molecule has 242 valence electrons. The Morgan fingerprint density at radius 2 is 1.72 bits per heavy atom. The third-order valence-corrected chi connectivity index (χ3v) is 9.44. The quantitative estimate of drug-likeness (QED) is 0.162. The van der Waals surface area contributed by atoms with Crippen molar-refractivity contribution in [2.75, 3.05) is 73.7 Å². The molecule has 0 atom stereocenters. The highest BCUT2D eigenvalue weighted by Gasteiger charge is 2.27. The molecule has 4 aromatic rings. The summed E-state index contributed by atoms with van der Waals surface area (Å²) in [4.78, 5) is 26.1. The third-order valence-electron chi connectivity index (χ3n) is 8.64. The summed E-state index contributed by atoms with van der Waals surface area (Å²) >= 11 is 1.62. The fourth-order valence-electron chi connectivity index (χ4n) is 6.03. The smallest absolute Gasteiger partial charge is 0.229 e. The Kier molecular flexibility index (Phi) is 10.1. The Labute approximate surface area is 276 Å². The van der Waals surface area contributed by atoms with E-state index in [4.69, 9.17) is 9.72 Å². The number of hydrogen-bond donors (Lipinski definition) is 3. The van der Waals surface area contributed by atoms with Crippen LogP contribution in [-0.4, -0.2) is 94.5 Å². The Morgan fingerprint density at radius 1 is 0.957 bits per heavy atom. The Balaban J connectivity index is 1.18. The number of aromatic nitrogens is 4. The maximum atomic E-state index is 5.84. The van der Waals surface area contributed by atoms with Gasteiger partial charge < -0.3 is 29.9 Å². The van der Waals surface area contributed by atoms with E-state index < -0.39 is 0 Å². The van der Waals surface area contributed by atoms with E-state index in [1.54, 1.807) is 43.7 Å².